The molecule has 1 saturated heterocycles. The molecule has 1 amide bonds. The molecule has 1 aromatic carbocycles. The summed E-state index contributed by atoms with van der Waals surface area (Å²) in [5, 5.41) is 3.18. The van der Waals surface area contributed by atoms with Crippen molar-refractivity contribution in [3.63, 3.8) is 0 Å². The summed E-state index contributed by atoms with van der Waals surface area (Å²) in [4.78, 5) is 14.7. The van der Waals surface area contributed by atoms with Gasteiger partial charge >= 0.3 is 0 Å². The lowest BCUT2D eigenvalue weighted by molar-refractivity contribution is -0.117. The average Bonchev–Trinajstić information content (AvgIpc) is 3.04. The van der Waals surface area contributed by atoms with E-state index in [4.69, 9.17) is 0 Å². The first-order valence-corrected chi connectivity index (χ1v) is 8.55. The number of hydrogen-bond acceptors (Lipinski definition) is 2. The molecule has 3 rings (SSSR count). The fourth-order valence-electron chi connectivity index (χ4n) is 3.52. The Morgan fingerprint density at radius 1 is 1.18 bits per heavy atom. The van der Waals surface area contributed by atoms with Crippen LogP contribution in [-0.4, -0.2) is 30.4 Å². The number of aryl methyl sites for hydroxylation is 1. The first-order chi connectivity index (χ1) is 10.7. The van der Waals surface area contributed by atoms with Crippen LogP contribution in [0.5, 0.6) is 0 Å². The van der Waals surface area contributed by atoms with Crippen LogP contribution in [-0.2, 0) is 4.79 Å². The van der Waals surface area contributed by atoms with Gasteiger partial charge in [-0.1, -0.05) is 30.7 Å². The highest BCUT2D eigenvalue weighted by Crippen LogP contribution is 2.34. The van der Waals surface area contributed by atoms with Crippen LogP contribution in [0.3, 0.4) is 0 Å². The van der Waals surface area contributed by atoms with Gasteiger partial charge in [-0.2, -0.15) is 0 Å². The van der Waals surface area contributed by atoms with E-state index in [0.717, 1.165) is 37.2 Å². The van der Waals surface area contributed by atoms with E-state index in [1.807, 2.05) is 0 Å². The largest absolute Gasteiger partial charge is 0.324 e. The maximum Gasteiger partial charge on any atom is 0.238 e. The van der Waals surface area contributed by atoms with Crippen molar-refractivity contribution >= 4 is 17.2 Å². The molecule has 2 aliphatic rings. The van der Waals surface area contributed by atoms with Gasteiger partial charge in [-0.3, -0.25) is 9.69 Å². The number of likely N-dealkylation sites (tertiary alicyclic amines) is 1. The highest BCUT2D eigenvalue weighted by atomic mass is 16.2. The standard InChI is InChI=1S/C19H26N2O/c1-15-8-7-11-17(16-9-3-4-10-16)19(15)20-18(22)14-21-12-5-2-6-13-21/h7-9,11H,2-6,10,12-14H2,1H3,(H,20,22). The molecule has 1 aliphatic carbocycles. The number of amides is 1. The third kappa shape index (κ3) is 3.58. The minimum atomic E-state index is 0.121. The molecule has 0 spiro atoms. The second-order valence-electron chi connectivity index (χ2n) is 6.50. The lowest BCUT2D eigenvalue weighted by Gasteiger charge is -2.26. The summed E-state index contributed by atoms with van der Waals surface area (Å²) < 4.78 is 0. The highest BCUT2D eigenvalue weighted by molar-refractivity contribution is 5.96. The van der Waals surface area contributed by atoms with E-state index in [2.05, 4.69) is 41.4 Å². The monoisotopic (exact) mass is 298 g/mol. The van der Waals surface area contributed by atoms with E-state index in [-0.39, 0.29) is 5.91 Å². The van der Waals surface area contributed by atoms with Crippen molar-refractivity contribution < 1.29 is 4.79 Å². The van der Waals surface area contributed by atoms with Crippen molar-refractivity contribution in [1.82, 2.24) is 4.90 Å². The van der Waals surface area contributed by atoms with Crippen LogP contribution in [0.4, 0.5) is 5.69 Å². The van der Waals surface area contributed by atoms with Gasteiger partial charge in [0, 0.05) is 5.56 Å². The van der Waals surface area contributed by atoms with Crippen LogP contribution in [0.1, 0.15) is 49.7 Å². The normalized spacial score (nSPS) is 19.0. The van der Waals surface area contributed by atoms with Crippen molar-refractivity contribution in [3.05, 3.63) is 35.4 Å². The lowest BCUT2D eigenvalue weighted by atomic mass is 10.00. The number of piperidine rings is 1. The van der Waals surface area contributed by atoms with Gasteiger partial charge in [0.1, 0.15) is 0 Å². The van der Waals surface area contributed by atoms with Crippen molar-refractivity contribution in [3.8, 4) is 0 Å². The molecule has 0 unspecified atom stereocenters. The first-order valence-electron chi connectivity index (χ1n) is 8.55. The average molecular weight is 298 g/mol. The molecule has 118 valence electrons. The quantitative estimate of drug-likeness (QED) is 0.911. The Hall–Kier alpha value is -1.61. The van der Waals surface area contributed by atoms with Crippen LogP contribution < -0.4 is 5.32 Å². The number of anilines is 1. The minimum absolute atomic E-state index is 0.121. The number of nitrogens with zero attached hydrogens (tertiary/aromatic N) is 1. The maximum atomic E-state index is 12.4. The molecule has 1 fully saturated rings. The molecule has 22 heavy (non-hydrogen) atoms. The number of allylic oxidation sites excluding steroid dienone is 2. The molecule has 1 heterocycles. The van der Waals surface area contributed by atoms with Crippen molar-refractivity contribution in [2.24, 2.45) is 0 Å². The molecule has 0 atom stereocenters. The van der Waals surface area contributed by atoms with E-state index in [1.165, 1.54) is 36.8 Å². The van der Waals surface area contributed by atoms with E-state index < -0.39 is 0 Å². The van der Waals surface area contributed by atoms with Crippen molar-refractivity contribution in [2.45, 2.75) is 45.4 Å². The summed E-state index contributed by atoms with van der Waals surface area (Å²) in [6.45, 7) is 4.71. The summed E-state index contributed by atoms with van der Waals surface area (Å²) >= 11 is 0. The van der Waals surface area contributed by atoms with Gasteiger partial charge in [-0.15, -0.1) is 0 Å². The van der Waals surface area contributed by atoms with Gasteiger partial charge in [0.05, 0.1) is 12.2 Å². The van der Waals surface area contributed by atoms with Crippen LogP contribution in [0.15, 0.2) is 24.3 Å². The third-order valence-electron chi connectivity index (χ3n) is 4.74. The van der Waals surface area contributed by atoms with Crippen molar-refractivity contribution in [1.29, 1.82) is 0 Å². The molecule has 0 bridgehead atoms. The van der Waals surface area contributed by atoms with E-state index in [1.54, 1.807) is 0 Å². The summed E-state index contributed by atoms with van der Waals surface area (Å²) in [6.07, 6.45) is 9.56. The Balaban J connectivity index is 1.72. The molecule has 0 radical (unpaired) electrons. The van der Waals surface area contributed by atoms with Gasteiger partial charge in [0.2, 0.25) is 5.91 Å². The third-order valence-corrected chi connectivity index (χ3v) is 4.74. The predicted molar refractivity (Wildman–Crippen MR) is 91.9 cm³/mol. The Bertz CT molecular complexity index is 571. The van der Waals surface area contributed by atoms with Gasteiger partial charge in [0.15, 0.2) is 0 Å². The van der Waals surface area contributed by atoms with E-state index in [9.17, 15) is 4.79 Å². The fourth-order valence-corrected chi connectivity index (χ4v) is 3.52. The molecule has 1 N–H and O–H groups in total. The molecular formula is C19H26N2O. The van der Waals surface area contributed by atoms with E-state index >= 15 is 0 Å². The van der Waals surface area contributed by atoms with Crippen LogP contribution in [0.25, 0.3) is 5.57 Å². The van der Waals surface area contributed by atoms with Crippen LogP contribution in [0, 0.1) is 6.92 Å². The predicted octanol–water partition coefficient (Wildman–Crippen LogP) is 3.99. The smallest absolute Gasteiger partial charge is 0.238 e. The highest BCUT2D eigenvalue weighted by Gasteiger charge is 2.17. The summed E-state index contributed by atoms with van der Waals surface area (Å²) in [5.74, 6) is 0.121. The Morgan fingerprint density at radius 2 is 2.00 bits per heavy atom. The number of nitrogens with one attached hydrogen (secondary N) is 1. The Morgan fingerprint density at radius 3 is 2.73 bits per heavy atom. The molecule has 1 aromatic rings. The maximum absolute atomic E-state index is 12.4. The number of para-hydroxylation sites is 1. The molecule has 1 aliphatic heterocycles. The first kappa shape index (κ1) is 15.3. The topological polar surface area (TPSA) is 32.3 Å². The Kier molecular flexibility index (Phi) is 4.94. The molecule has 3 nitrogen and oxygen atoms in total. The van der Waals surface area contributed by atoms with Gasteiger partial charge in [0.25, 0.3) is 0 Å². The Labute approximate surface area is 133 Å². The number of rotatable bonds is 4. The fraction of sp³-hybridized carbons (Fsp3) is 0.526. The van der Waals surface area contributed by atoms with E-state index in [0.29, 0.717) is 6.54 Å². The second kappa shape index (κ2) is 7.10. The number of carbonyl (C=O) groups is 1. The summed E-state index contributed by atoms with van der Waals surface area (Å²) in [6, 6.07) is 6.31. The van der Waals surface area contributed by atoms with Crippen LogP contribution >= 0.6 is 0 Å². The lowest BCUT2D eigenvalue weighted by Crippen LogP contribution is -2.37. The molecular weight excluding hydrogens is 272 g/mol. The van der Waals surface area contributed by atoms with Crippen LogP contribution in [0.2, 0.25) is 0 Å². The number of benzene rings is 1. The summed E-state index contributed by atoms with van der Waals surface area (Å²) in [5.41, 5.74) is 4.76. The second-order valence-corrected chi connectivity index (χ2v) is 6.50. The zero-order valence-electron chi connectivity index (χ0n) is 13.5. The molecule has 0 saturated carbocycles. The van der Waals surface area contributed by atoms with Gasteiger partial charge in [-0.05, 0) is 63.3 Å². The number of carbonyl (C=O) groups excluding carboxylic acids is 1. The number of hydrogen-bond donors (Lipinski definition) is 1. The van der Waals surface area contributed by atoms with Gasteiger partial charge in [-0.25, -0.2) is 0 Å². The zero-order valence-corrected chi connectivity index (χ0v) is 13.5. The van der Waals surface area contributed by atoms with Gasteiger partial charge < -0.3 is 5.32 Å². The minimum Gasteiger partial charge on any atom is -0.324 e. The summed E-state index contributed by atoms with van der Waals surface area (Å²) in [7, 11) is 0. The van der Waals surface area contributed by atoms with Crippen molar-refractivity contribution in [2.75, 3.05) is 25.0 Å². The molecule has 0 aromatic heterocycles. The SMILES string of the molecule is Cc1cccc(C2=CCCC2)c1NC(=O)CN1CCCCC1. The molecule has 3 heteroatoms. The zero-order chi connectivity index (χ0) is 15.4.